The standard InChI is InChI=1S/C27H57N.C13H29N/c1-4-7-10-13-16-19-22-25-28(26-23-20-17-14-11-8-5-2)27-24-21-18-15-12-9-6-3;1-2-3-4-5-6-7-8-9-10-11-12-13-14/h4-27H2,1-3H3;2-14H2,1H3. The maximum absolute atomic E-state index is 5.44. The van der Waals surface area contributed by atoms with Crippen LogP contribution in [0.2, 0.25) is 0 Å². The fourth-order valence-electron chi connectivity index (χ4n) is 6.02. The molecule has 256 valence electrons. The van der Waals surface area contributed by atoms with E-state index in [1.807, 2.05) is 0 Å². The van der Waals surface area contributed by atoms with Gasteiger partial charge < -0.3 is 10.6 Å². The average Bonchev–Trinajstić information content (AvgIpc) is 3.00. The number of nitrogens with zero attached hydrogens (tertiary/aromatic N) is 1. The van der Waals surface area contributed by atoms with Gasteiger partial charge in [-0.3, -0.25) is 0 Å². The van der Waals surface area contributed by atoms with Crippen molar-refractivity contribution in [2.45, 2.75) is 233 Å². The molecule has 0 aromatic heterocycles. The first-order chi connectivity index (χ1) is 20.8. The summed E-state index contributed by atoms with van der Waals surface area (Å²) in [5.74, 6) is 0. The van der Waals surface area contributed by atoms with E-state index >= 15 is 0 Å². The quantitative estimate of drug-likeness (QED) is 0.0739. The normalized spacial score (nSPS) is 11.3. The van der Waals surface area contributed by atoms with Crippen LogP contribution in [0.5, 0.6) is 0 Å². The van der Waals surface area contributed by atoms with Crippen molar-refractivity contribution in [1.29, 1.82) is 0 Å². The van der Waals surface area contributed by atoms with Crippen LogP contribution < -0.4 is 5.73 Å². The fourth-order valence-corrected chi connectivity index (χ4v) is 6.02. The van der Waals surface area contributed by atoms with Crippen molar-refractivity contribution in [1.82, 2.24) is 4.90 Å². The first-order valence-electron chi connectivity index (χ1n) is 20.2. The minimum Gasteiger partial charge on any atom is -0.330 e. The van der Waals surface area contributed by atoms with Gasteiger partial charge in [-0.25, -0.2) is 0 Å². The third-order valence-corrected chi connectivity index (χ3v) is 9.04. The third-order valence-electron chi connectivity index (χ3n) is 9.04. The molecule has 42 heavy (non-hydrogen) atoms. The highest BCUT2D eigenvalue weighted by Gasteiger charge is 2.05. The van der Waals surface area contributed by atoms with E-state index in [1.54, 1.807) is 0 Å². The molecule has 0 rings (SSSR count). The molecule has 0 atom stereocenters. The van der Waals surface area contributed by atoms with Crippen LogP contribution in [-0.4, -0.2) is 31.1 Å². The summed E-state index contributed by atoms with van der Waals surface area (Å²) in [6, 6.07) is 0. The molecule has 0 aliphatic heterocycles. The summed E-state index contributed by atoms with van der Waals surface area (Å²) in [7, 11) is 0. The molecule has 0 amide bonds. The SMILES string of the molecule is CCCCCCCCCCCCCN.CCCCCCCCCN(CCCCCCCCC)CCCCCCCCC. The maximum atomic E-state index is 5.44. The molecule has 2 heteroatoms. The van der Waals surface area contributed by atoms with Gasteiger partial charge in [0.15, 0.2) is 0 Å². The lowest BCUT2D eigenvalue weighted by atomic mass is 10.1. The van der Waals surface area contributed by atoms with Crippen molar-refractivity contribution in [3.05, 3.63) is 0 Å². The first-order valence-corrected chi connectivity index (χ1v) is 20.2. The molecule has 0 aromatic carbocycles. The minimum absolute atomic E-state index is 0.872. The van der Waals surface area contributed by atoms with Crippen molar-refractivity contribution >= 4 is 0 Å². The van der Waals surface area contributed by atoms with Gasteiger partial charge in [-0.2, -0.15) is 0 Å². The highest BCUT2D eigenvalue weighted by atomic mass is 15.1. The number of unbranched alkanes of at least 4 members (excludes halogenated alkanes) is 28. The summed E-state index contributed by atoms with van der Waals surface area (Å²) in [6.07, 6.45) is 45.6. The highest BCUT2D eigenvalue weighted by Crippen LogP contribution is 2.13. The third kappa shape index (κ3) is 42.1. The summed E-state index contributed by atoms with van der Waals surface area (Å²) >= 11 is 0. The smallest absolute Gasteiger partial charge is 0.00187 e. The second-order valence-electron chi connectivity index (χ2n) is 13.5. The van der Waals surface area contributed by atoms with Crippen LogP contribution >= 0.6 is 0 Å². The van der Waals surface area contributed by atoms with Gasteiger partial charge in [-0.05, 0) is 51.9 Å². The van der Waals surface area contributed by atoms with Crippen LogP contribution in [0, 0.1) is 0 Å². The largest absolute Gasteiger partial charge is 0.330 e. The minimum atomic E-state index is 0.872. The fraction of sp³-hybridized carbons (Fsp3) is 1.00. The van der Waals surface area contributed by atoms with Crippen molar-refractivity contribution < 1.29 is 0 Å². The molecule has 2 nitrogen and oxygen atoms in total. The van der Waals surface area contributed by atoms with Gasteiger partial charge in [0.25, 0.3) is 0 Å². The number of rotatable bonds is 35. The van der Waals surface area contributed by atoms with Crippen LogP contribution in [0.25, 0.3) is 0 Å². The lowest BCUT2D eigenvalue weighted by Gasteiger charge is -2.22. The lowest BCUT2D eigenvalue weighted by Crippen LogP contribution is -2.27. The van der Waals surface area contributed by atoms with Crippen molar-refractivity contribution in [2.24, 2.45) is 5.73 Å². The molecule has 0 spiro atoms. The Hall–Kier alpha value is -0.0800. The van der Waals surface area contributed by atoms with Gasteiger partial charge in [0.2, 0.25) is 0 Å². The molecular formula is C40H86N2. The van der Waals surface area contributed by atoms with Crippen molar-refractivity contribution in [3.8, 4) is 0 Å². The maximum Gasteiger partial charge on any atom is -0.00187 e. The first kappa shape index (κ1) is 44.0. The summed E-state index contributed by atoms with van der Waals surface area (Å²) in [6.45, 7) is 14.2. The van der Waals surface area contributed by atoms with E-state index in [2.05, 4.69) is 32.6 Å². The Morgan fingerprint density at radius 3 is 0.667 bits per heavy atom. The van der Waals surface area contributed by atoms with Gasteiger partial charge in [-0.15, -0.1) is 0 Å². The van der Waals surface area contributed by atoms with Crippen LogP contribution in [0.3, 0.4) is 0 Å². The average molecular weight is 595 g/mol. The zero-order chi connectivity index (χ0) is 31.0. The van der Waals surface area contributed by atoms with Gasteiger partial charge in [0, 0.05) is 0 Å². The second kappa shape index (κ2) is 43.0. The molecule has 2 N–H and O–H groups in total. The Labute approximate surface area is 269 Å². The van der Waals surface area contributed by atoms with Gasteiger partial charge in [-0.1, -0.05) is 207 Å². The molecule has 0 heterocycles. The Balaban J connectivity index is 0. The molecule has 0 fully saturated rings. The van der Waals surface area contributed by atoms with Crippen LogP contribution in [-0.2, 0) is 0 Å². The van der Waals surface area contributed by atoms with Gasteiger partial charge >= 0.3 is 0 Å². The van der Waals surface area contributed by atoms with Crippen molar-refractivity contribution in [2.75, 3.05) is 26.2 Å². The second-order valence-corrected chi connectivity index (χ2v) is 13.5. The Bertz CT molecular complexity index is 369. The lowest BCUT2D eigenvalue weighted by molar-refractivity contribution is 0.254. The molecule has 0 bridgehead atoms. The molecule has 0 aromatic rings. The number of hydrogen-bond acceptors (Lipinski definition) is 2. The highest BCUT2D eigenvalue weighted by molar-refractivity contribution is 4.60. The van der Waals surface area contributed by atoms with E-state index < -0.39 is 0 Å². The van der Waals surface area contributed by atoms with E-state index in [9.17, 15) is 0 Å². The number of hydrogen-bond donors (Lipinski definition) is 1. The number of nitrogens with two attached hydrogens (primary N) is 1. The monoisotopic (exact) mass is 595 g/mol. The molecule has 0 saturated heterocycles. The van der Waals surface area contributed by atoms with E-state index in [1.165, 1.54) is 225 Å². The zero-order valence-electron chi connectivity index (χ0n) is 30.5. The Morgan fingerprint density at radius 1 is 0.262 bits per heavy atom. The Morgan fingerprint density at radius 2 is 0.452 bits per heavy atom. The van der Waals surface area contributed by atoms with Crippen LogP contribution in [0.4, 0.5) is 0 Å². The van der Waals surface area contributed by atoms with Crippen LogP contribution in [0.1, 0.15) is 233 Å². The summed E-state index contributed by atoms with van der Waals surface area (Å²) in [5.41, 5.74) is 5.44. The van der Waals surface area contributed by atoms with E-state index in [0.717, 1.165) is 6.54 Å². The van der Waals surface area contributed by atoms with E-state index in [-0.39, 0.29) is 0 Å². The zero-order valence-corrected chi connectivity index (χ0v) is 30.5. The summed E-state index contributed by atoms with van der Waals surface area (Å²) in [4.78, 5) is 2.81. The van der Waals surface area contributed by atoms with E-state index in [0.29, 0.717) is 0 Å². The predicted molar refractivity (Wildman–Crippen MR) is 196 cm³/mol. The molecule has 0 aliphatic rings. The van der Waals surface area contributed by atoms with Gasteiger partial charge in [0.1, 0.15) is 0 Å². The Kier molecular flexibility index (Phi) is 45.1. The summed E-state index contributed by atoms with van der Waals surface area (Å²) in [5, 5.41) is 0. The molecule has 0 unspecified atom stereocenters. The topological polar surface area (TPSA) is 29.3 Å². The molecule has 0 radical (unpaired) electrons. The van der Waals surface area contributed by atoms with Crippen molar-refractivity contribution in [3.63, 3.8) is 0 Å². The predicted octanol–water partition coefficient (Wildman–Crippen LogP) is 13.8. The van der Waals surface area contributed by atoms with Crippen LogP contribution in [0.15, 0.2) is 0 Å². The summed E-state index contributed by atoms with van der Waals surface area (Å²) < 4.78 is 0. The molecule has 0 saturated carbocycles. The van der Waals surface area contributed by atoms with Gasteiger partial charge in [0.05, 0.1) is 0 Å². The van der Waals surface area contributed by atoms with E-state index in [4.69, 9.17) is 5.73 Å². The molecule has 0 aliphatic carbocycles. The molecular weight excluding hydrogens is 508 g/mol.